The van der Waals surface area contributed by atoms with Crippen molar-refractivity contribution in [2.45, 2.75) is 64.2 Å². The lowest BCUT2D eigenvalue weighted by Gasteiger charge is -2.27. The third-order valence-electron chi connectivity index (χ3n) is 4.50. The van der Waals surface area contributed by atoms with Gasteiger partial charge < -0.3 is 9.47 Å². The van der Waals surface area contributed by atoms with Crippen molar-refractivity contribution in [1.29, 1.82) is 0 Å². The van der Waals surface area contributed by atoms with Gasteiger partial charge in [-0.05, 0) is 42.9 Å². The highest BCUT2D eigenvalue weighted by Gasteiger charge is 2.23. The quantitative estimate of drug-likeness (QED) is 0.471. The predicted octanol–water partition coefficient (Wildman–Crippen LogP) is 5.09. The maximum absolute atomic E-state index is 12.1. The number of unbranched alkanes of at least 4 members (excludes halogenated alkanes) is 4. The molecule has 0 heterocycles. The molecule has 1 aromatic carbocycles. The fourth-order valence-corrected chi connectivity index (χ4v) is 2.85. The zero-order valence-electron chi connectivity index (χ0n) is 13.9. The van der Waals surface area contributed by atoms with Crippen molar-refractivity contribution in [3.8, 4) is 5.75 Å². The van der Waals surface area contributed by atoms with E-state index in [0.29, 0.717) is 18.1 Å². The van der Waals surface area contributed by atoms with Crippen LogP contribution in [0.1, 0.15) is 80.1 Å². The van der Waals surface area contributed by atoms with Crippen molar-refractivity contribution in [2.75, 3.05) is 13.7 Å². The van der Waals surface area contributed by atoms with Gasteiger partial charge >= 0.3 is 5.97 Å². The molecule has 0 spiro atoms. The highest BCUT2D eigenvalue weighted by Crippen LogP contribution is 2.41. The zero-order chi connectivity index (χ0) is 15.8. The molecule has 3 heteroatoms. The third kappa shape index (κ3) is 4.49. The number of rotatable bonds is 9. The lowest BCUT2D eigenvalue weighted by molar-refractivity contribution is 0.0497. The van der Waals surface area contributed by atoms with Crippen molar-refractivity contribution in [1.82, 2.24) is 0 Å². The Labute approximate surface area is 134 Å². The minimum atomic E-state index is -0.242. The number of methoxy groups -OCH3 is 1. The summed E-state index contributed by atoms with van der Waals surface area (Å²) in [4.78, 5) is 12.1. The second kappa shape index (κ2) is 8.82. The summed E-state index contributed by atoms with van der Waals surface area (Å²) >= 11 is 0. The normalized spacial score (nSPS) is 14.5. The Hall–Kier alpha value is -1.51. The van der Waals surface area contributed by atoms with Crippen molar-refractivity contribution >= 4 is 5.97 Å². The second-order valence-corrected chi connectivity index (χ2v) is 6.13. The Morgan fingerprint density at radius 2 is 1.95 bits per heavy atom. The Bertz CT molecular complexity index is 478. The largest absolute Gasteiger partial charge is 0.496 e. The van der Waals surface area contributed by atoms with Crippen molar-refractivity contribution in [3.05, 3.63) is 29.3 Å². The molecule has 1 saturated carbocycles. The van der Waals surface area contributed by atoms with E-state index in [-0.39, 0.29) is 5.97 Å². The van der Waals surface area contributed by atoms with Crippen LogP contribution in [0.4, 0.5) is 0 Å². The number of carbonyl (C=O) groups excluding carboxylic acids is 1. The molecule has 0 unspecified atom stereocenters. The highest BCUT2D eigenvalue weighted by molar-refractivity contribution is 5.90. The Balaban J connectivity index is 1.84. The molecule has 3 nitrogen and oxygen atoms in total. The van der Waals surface area contributed by atoms with Crippen LogP contribution in [0.25, 0.3) is 0 Å². The number of esters is 1. The van der Waals surface area contributed by atoms with E-state index in [1.165, 1.54) is 44.1 Å². The molecule has 122 valence electrons. The summed E-state index contributed by atoms with van der Waals surface area (Å²) in [6.45, 7) is 2.70. The first kappa shape index (κ1) is 16.9. The minimum Gasteiger partial charge on any atom is -0.496 e. The van der Waals surface area contributed by atoms with E-state index in [1.54, 1.807) is 7.11 Å². The first-order chi connectivity index (χ1) is 10.8. The van der Waals surface area contributed by atoms with Crippen molar-refractivity contribution < 1.29 is 14.3 Å². The van der Waals surface area contributed by atoms with Crippen LogP contribution in [0.5, 0.6) is 5.75 Å². The molecule has 0 amide bonds. The zero-order valence-corrected chi connectivity index (χ0v) is 13.9. The molecule has 1 fully saturated rings. The van der Waals surface area contributed by atoms with Crippen LogP contribution in [0, 0.1) is 0 Å². The lowest BCUT2D eigenvalue weighted by atomic mass is 9.79. The molecule has 0 saturated heterocycles. The Morgan fingerprint density at radius 1 is 1.18 bits per heavy atom. The molecule has 0 aromatic heterocycles. The summed E-state index contributed by atoms with van der Waals surface area (Å²) in [7, 11) is 1.67. The van der Waals surface area contributed by atoms with E-state index >= 15 is 0 Å². The molecule has 0 radical (unpaired) electrons. The van der Waals surface area contributed by atoms with E-state index in [9.17, 15) is 4.79 Å². The van der Waals surface area contributed by atoms with Crippen LogP contribution in [0.2, 0.25) is 0 Å². The number of hydrogen-bond acceptors (Lipinski definition) is 3. The van der Waals surface area contributed by atoms with Gasteiger partial charge in [-0.15, -0.1) is 0 Å². The molecule has 22 heavy (non-hydrogen) atoms. The van der Waals surface area contributed by atoms with Gasteiger partial charge in [-0.2, -0.15) is 0 Å². The summed E-state index contributed by atoms with van der Waals surface area (Å²) in [6.07, 6.45) is 9.51. The number of ether oxygens (including phenoxy) is 2. The second-order valence-electron chi connectivity index (χ2n) is 6.13. The van der Waals surface area contributed by atoms with Crippen LogP contribution < -0.4 is 4.74 Å². The molecule has 1 aliphatic rings. The van der Waals surface area contributed by atoms with E-state index in [4.69, 9.17) is 9.47 Å². The number of benzene rings is 1. The SMILES string of the molecule is CCCCCCCOC(=O)c1ccc(C2CCC2)c(OC)c1. The van der Waals surface area contributed by atoms with Crippen LogP contribution in [0.3, 0.4) is 0 Å². The van der Waals surface area contributed by atoms with Gasteiger partial charge in [0.05, 0.1) is 19.3 Å². The van der Waals surface area contributed by atoms with Crippen LogP contribution in [0.15, 0.2) is 18.2 Å². The molecule has 2 rings (SSSR count). The van der Waals surface area contributed by atoms with Crippen molar-refractivity contribution in [2.24, 2.45) is 0 Å². The fraction of sp³-hybridized carbons (Fsp3) is 0.632. The molecule has 1 aliphatic carbocycles. The van der Waals surface area contributed by atoms with Gasteiger partial charge in [0.25, 0.3) is 0 Å². The Morgan fingerprint density at radius 3 is 2.59 bits per heavy atom. The standard InChI is InChI=1S/C19H28O3/c1-3-4-5-6-7-13-22-19(20)16-11-12-17(15-9-8-10-15)18(14-16)21-2/h11-12,14-15H,3-10,13H2,1-2H3. The average molecular weight is 304 g/mol. The van der Waals surface area contributed by atoms with Gasteiger partial charge in [-0.1, -0.05) is 45.1 Å². The maximum atomic E-state index is 12.1. The van der Waals surface area contributed by atoms with Gasteiger partial charge in [0.15, 0.2) is 0 Å². The molecule has 0 N–H and O–H groups in total. The Kier molecular flexibility index (Phi) is 6.75. The number of carbonyl (C=O) groups is 1. The number of hydrogen-bond donors (Lipinski definition) is 0. The topological polar surface area (TPSA) is 35.5 Å². The average Bonchev–Trinajstić information content (AvgIpc) is 2.49. The van der Waals surface area contributed by atoms with E-state index in [1.807, 2.05) is 18.2 Å². The first-order valence-corrected chi connectivity index (χ1v) is 8.61. The van der Waals surface area contributed by atoms with E-state index < -0.39 is 0 Å². The lowest BCUT2D eigenvalue weighted by Crippen LogP contribution is -2.12. The summed E-state index contributed by atoms with van der Waals surface area (Å²) < 4.78 is 10.8. The van der Waals surface area contributed by atoms with Gasteiger partial charge in [0.2, 0.25) is 0 Å². The van der Waals surface area contributed by atoms with Crippen LogP contribution in [-0.4, -0.2) is 19.7 Å². The molecule has 0 aliphatic heterocycles. The van der Waals surface area contributed by atoms with Crippen LogP contribution in [-0.2, 0) is 4.74 Å². The van der Waals surface area contributed by atoms with Crippen molar-refractivity contribution in [3.63, 3.8) is 0 Å². The van der Waals surface area contributed by atoms with Gasteiger partial charge in [-0.25, -0.2) is 4.79 Å². The predicted molar refractivity (Wildman–Crippen MR) is 88.6 cm³/mol. The van der Waals surface area contributed by atoms with Crippen LogP contribution >= 0.6 is 0 Å². The molecule has 0 bridgehead atoms. The smallest absolute Gasteiger partial charge is 0.338 e. The van der Waals surface area contributed by atoms with Gasteiger partial charge in [0, 0.05) is 0 Å². The summed E-state index contributed by atoms with van der Waals surface area (Å²) in [5.74, 6) is 1.18. The monoisotopic (exact) mass is 304 g/mol. The summed E-state index contributed by atoms with van der Waals surface area (Å²) in [5, 5.41) is 0. The van der Waals surface area contributed by atoms with Gasteiger partial charge in [-0.3, -0.25) is 0 Å². The summed E-state index contributed by atoms with van der Waals surface area (Å²) in [6, 6.07) is 5.73. The first-order valence-electron chi connectivity index (χ1n) is 8.61. The van der Waals surface area contributed by atoms with Gasteiger partial charge in [0.1, 0.15) is 5.75 Å². The third-order valence-corrected chi connectivity index (χ3v) is 4.50. The minimum absolute atomic E-state index is 0.242. The molecule has 0 atom stereocenters. The van der Waals surface area contributed by atoms with E-state index in [0.717, 1.165) is 18.6 Å². The van der Waals surface area contributed by atoms with E-state index in [2.05, 4.69) is 6.92 Å². The highest BCUT2D eigenvalue weighted by atomic mass is 16.5. The summed E-state index contributed by atoms with van der Waals surface area (Å²) in [5.41, 5.74) is 1.82. The molecular weight excluding hydrogens is 276 g/mol. The fourth-order valence-electron chi connectivity index (χ4n) is 2.85. The molecule has 1 aromatic rings. The molecular formula is C19H28O3. The maximum Gasteiger partial charge on any atom is 0.338 e.